The van der Waals surface area contributed by atoms with Crippen LogP contribution in [0.3, 0.4) is 0 Å². The van der Waals surface area contributed by atoms with Crippen LogP contribution in [-0.2, 0) is 6.42 Å². The molecule has 1 aliphatic rings. The van der Waals surface area contributed by atoms with Gasteiger partial charge in [-0.25, -0.2) is 0 Å². The Kier molecular flexibility index (Phi) is 4.66. The van der Waals surface area contributed by atoms with Crippen molar-refractivity contribution < 1.29 is 4.74 Å². The Morgan fingerprint density at radius 2 is 2.06 bits per heavy atom. The van der Waals surface area contributed by atoms with Crippen LogP contribution in [0.5, 0.6) is 5.75 Å². The van der Waals surface area contributed by atoms with Gasteiger partial charge in [0.15, 0.2) is 0 Å². The highest BCUT2D eigenvalue weighted by molar-refractivity contribution is 5.33. The fourth-order valence-corrected chi connectivity index (χ4v) is 2.30. The average molecular weight is 230 g/mol. The zero-order chi connectivity index (χ0) is 11.9. The molecule has 1 heteroatoms. The topological polar surface area (TPSA) is 9.23 Å². The van der Waals surface area contributed by atoms with Gasteiger partial charge in [-0.3, -0.25) is 0 Å². The van der Waals surface area contributed by atoms with E-state index in [4.69, 9.17) is 4.74 Å². The predicted molar refractivity (Wildman–Crippen MR) is 72.5 cm³/mol. The van der Waals surface area contributed by atoms with E-state index in [1.807, 2.05) is 0 Å². The summed E-state index contributed by atoms with van der Waals surface area (Å²) in [7, 11) is 0. The molecule has 0 radical (unpaired) electrons. The molecule has 1 aromatic carbocycles. The van der Waals surface area contributed by atoms with Gasteiger partial charge >= 0.3 is 0 Å². The minimum Gasteiger partial charge on any atom is -0.486 e. The largest absolute Gasteiger partial charge is 0.486 e. The number of benzene rings is 1. The van der Waals surface area contributed by atoms with Crippen LogP contribution in [0.25, 0.3) is 0 Å². The van der Waals surface area contributed by atoms with Gasteiger partial charge in [0.1, 0.15) is 11.9 Å². The first kappa shape index (κ1) is 12.2. The SMILES string of the molecule is CCc1ccccc1OC1/C=C/CCCCC1. The Labute approximate surface area is 104 Å². The molecule has 1 nitrogen and oxygen atoms in total. The molecule has 1 atom stereocenters. The highest BCUT2D eigenvalue weighted by Gasteiger charge is 2.10. The Balaban J connectivity index is 2.05. The number of rotatable bonds is 3. The monoisotopic (exact) mass is 230 g/mol. The van der Waals surface area contributed by atoms with Gasteiger partial charge < -0.3 is 4.74 Å². The zero-order valence-corrected chi connectivity index (χ0v) is 10.7. The van der Waals surface area contributed by atoms with Crippen molar-refractivity contribution in [3.8, 4) is 5.75 Å². The van der Waals surface area contributed by atoms with Crippen molar-refractivity contribution in [1.82, 2.24) is 0 Å². The highest BCUT2D eigenvalue weighted by atomic mass is 16.5. The molecule has 1 unspecified atom stereocenters. The summed E-state index contributed by atoms with van der Waals surface area (Å²) in [5.41, 5.74) is 1.31. The number of hydrogen-bond acceptors (Lipinski definition) is 1. The molecule has 0 saturated carbocycles. The summed E-state index contributed by atoms with van der Waals surface area (Å²) in [6.45, 7) is 2.18. The van der Waals surface area contributed by atoms with Crippen LogP contribution >= 0.6 is 0 Å². The normalized spacial score (nSPS) is 22.5. The van der Waals surface area contributed by atoms with Crippen LogP contribution in [-0.4, -0.2) is 6.10 Å². The van der Waals surface area contributed by atoms with E-state index < -0.39 is 0 Å². The molecule has 1 aliphatic carbocycles. The first-order chi connectivity index (χ1) is 8.40. The summed E-state index contributed by atoms with van der Waals surface area (Å²) in [6, 6.07) is 8.38. The van der Waals surface area contributed by atoms with E-state index >= 15 is 0 Å². The minimum atomic E-state index is 0.267. The Hall–Kier alpha value is -1.24. The van der Waals surface area contributed by atoms with E-state index in [0.29, 0.717) is 0 Å². The van der Waals surface area contributed by atoms with Crippen LogP contribution < -0.4 is 4.74 Å². The molecule has 17 heavy (non-hydrogen) atoms. The minimum absolute atomic E-state index is 0.267. The Morgan fingerprint density at radius 1 is 1.18 bits per heavy atom. The average Bonchev–Trinajstić information content (AvgIpc) is 2.33. The standard InChI is InChI=1S/C16H22O/c1-2-14-10-8-9-13-16(14)17-15-11-6-4-3-5-7-12-15/h6,8-11,13,15H,2-5,7,12H2,1H3/b11-6+. The molecule has 1 aromatic rings. The van der Waals surface area contributed by atoms with Crippen LogP contribution in [0.1, 0.15) is 44.6 Å². The van der Waals surface area contributed by atoms with E-state index in [2.05, 4.69) is 43.3 Å². The molecule has 0 saturated heterocycles. The summed E-state index contributed by atoms with van der Waals surface area (Å²) in [6.07, 6.45) is 12.1. The van der Waals surface area contributed by atoms with Gasteiger partial charge in [0.25, 0.3) is 0 Å². The second kappa shape index (κ2) is 6.48. The number of allylic oxidation sites excluding steroid dienone is 1. The van der Waals surface area contributed by atoms with Gasteiger partial charge in [0.2, 0.25) is 0 Å². The predicted octanol–water partition coefficient (Wildman–Crippen LogP) is 4.52. The maximum atomic E-state index is 6.13. The third kappa shape index (κ3) is 3.62. The van der Waals surface area contributed by atoms with Gasteiger partial charge in [-0.05, 0) is 49.8 Å². The van der Waals surface area contributed by atoms with Crippen molar-refractivity contribution in [2.24, 2.45) is 0 Å². The molecular formula is C16H22O. The fraction of sp³-hybridized carbons (Fsp3) is 0.500. The zero-order valence-electron chi connectivity index (χ0n) is 10.7. The molecule has 0 aliphatic heterocycles. The van der Waals surface area contributed by atoms with Crippen molar-refractivity contribution in [1.29, 1.82) is 0 Å². The summed E-state index contributed by atoms with van der Waals surface area (Å²) >= 11 is 0. The second-order valence-corrected chi connectivity index (χ2v) is 4.68. The smallest absolute Gasteiger partial charge is 0.123 e. The molecule has 0 aromatic heterocycles. The third-order valence-electron chi connectivity index (χ3n) is 3.34. The summed E-state index contributed by atoms with van der Waals surface area (Å²) in [5.74, 6) is 1.06. The van der Waals surface area contributed by atoms with Crippen molar-refractivity contribution in [3.63, 3.8) is 0 Å². The lowest BCUT2D eigenvalue weighted by Crippen LogP contribution is -2.15. The molecule has 0 heterocycles. The van der Waals surface area contributed by atoms with Gasteiger partial charge in [-0.2, -0.15) is 0 Å². The maximum Gasteiger partial charge on any atom is 0.123 e. The van der Waals surface area contributed by atoms with Crippen LogP contribution in [0, 0.1) is 0 Å². The van der Waals surface area contributed by atoms with Crippen molar-refractivity contribution >= 4 is 0 Å². The Morgan fingerprint density at radius 3 is 2.94 bits per heavy atom. The highest BCUT2D eigenvalue weighted by Crippen LogP contribution is 2.23. The molecule has 0 bridgehead atoms. The summed E-state index contributed by atoms with van der Waals surface area (Å²) in [4.78, 5) is 0. The number of ether oxygens (including phenoxy) is 1. The van der Waals surface area contributed by atoms with E-state index in [0.717, 1.165) is 18.6 Å². The molecule has 0 N–H and O–H groups in total. The number of aryl methyl sites for hydroxylation is 1. The lowest BCUT2D eigenvalue weighted by Gasteiger charge is -2.19. The van der Waals surface area contributed by atoms with Crippen LogP contribution in [0.4, 0.5) is 0 Å². The van der Waals surface area contributed by atoms with Crippen molar-refractivity contribution in [2.75, 3.05) is 0 Å². The molecule has 0 spiro atoms. The summed E-state index contributed by atoms with van der Waals surface area (Å²) < 4.78 is 6.13. The second-order valence-electron chi connectivity index (χ2n) is 4.68. The van der Waals surface area contributed by atoms with E-state index in [-0.39, 0.29) is 6.10 Å². The van der Waals surface area contributed by atoms with Gasteiger partial charge in [0.05, 0.1) is 0 Å². The van der Waals surface area contributed by atoms with E-state index in [1.165, 1.54) is 31.2 Å². The van der Waals surface area contributed by atoms with Crippen LogP contribution in [0.15, 0.2) is 36.4 Å². The van der Waals surface area contributed by atoms with Gasteiger partial charge in [0, 0.05) is 0 Å². The number of para-hydroxylation sites is 1. The quantitative estimate of drug-likeness (QED) is 0.694. The van der Waals surface area contributed by atoms with E-state index in [9.17, 15) is 0 Å². The maximum absolute atomic E-state index is 6.13. The fourth-order valence-electron chi connectivity index (χ4n) is 2.30. The molecule has 0 fully saturated rings. The lowest BCUT2D eigenvalue weighted by molar-refractivity contribution is 0.229. The van der Waals surface area contributed by atoms with Gasteiger partial charge in [-0.1, -0.05) is 37.6 Å². The molecule has 92 valence electrons. The molecule has 0 amide bonds. The third-order valence-corrected chi connectivity index (χ3v) is 3.34. The molecule has 2 rings (SSSR count). The van der Waals surface area contributed by atoms with E-state index in [1.54, 1.807) is 0 Å². The lowest BCUT2D eigenvalue weighted by atomic mass is 10.0. The first-order valence-corrected chi connectivity index (χ1v) is 6.81. The van der Waals surface area contributed by atoms with Crippen molar-refractivity contribution in [3.05, 3.63) is 42.0 Å². The van der Waals surface area contributed by atoms with Gasteiger partial charge in [-0.15, -0.1) is 0 Å². The molecular weight excluding hydrogens is 208 g/mol. The van der Waals surface area contributed by atoms with Crippen molar-refractivity contribution in [2.45, 2.75) is 51.6 Å². The number of hydrogen-bond donors (Lipinski definition) is 0. The summed E-state index contributed by atoms with van der Waals surface area (Å²) in [5, 5.41) is 0. The first-order valence-electron chi connectivity index (χ1n) is 6.81. The van der Waals surface area contributed by atoms with Crippen LogP contribution in [0.2, 0.25) is 0 Å². The Bertz CT molecular complexity index is 368.